The number of sulfonamides is 1. The third-order valence-electron chi connectivity index (χ3n) is 3.19. The lowest BCUT2D eigenvalue weighted by Gasteiger charge is -2.13. The van der Waals surface area contributed by atoms with E-state index < -0.39 is 16.1 Å². The lowest BCUT2D eigenvalue weighted by atomic mass is 10.2. The van der Waals surface area contributed by atoms with E-state index in [0.29, 0.717) is 12.2 Å². The highest BCUT2D eigenvalue weighted by Crippen LogP contribution is 2.25. The van der Waals surface area contributed by atoms with Crippen LogP contribution < -0.4 is 9.46 Å². The molecule has 0 aliphatic heterocycles. The molecule has 1 atom stereocenters. The molecule has 0 aliphatic rings. The predicted molar refractivity (Wildman–Crippen MR) is 86.8 cm³/mol. The molecule has 2 rings (SSSR count). The minimum absolute atomic E-state index is 0.112. The van der Waals surface area contributed by atoms with Crippen LogP contribution in [0.1, 0.15) is 23.0 Å². The van der Waals surface area contributed by atoms with Gasteiger partial charge in [-0.1, -0.05) is 12.1 Å². The van der Waals surface area contributed by atoms with E-state index in [2.05, 4.69) is 4.72 Å². The lowest BCUT2D eigenvalue weighted by molar-refractivity contribution is 0.173. The molecule has 1 aromatic carbocycles. The van der Waals surface area contributed by atoms with Gasteiger partial charge in [-0.2, -0.15) is 0 Å². The van der Waals surface area contributed by atoms with E-state index in [0.717, 1.165) is 10.4 Å². The number of benzene rings is 1. The molecule has 1 unspecified atom stereocenters. The first-order valence-electron chi connectivity index (χ1n) is 6.80. The number of aryl methyl sites for hydroxylation is 1. The van der Waals surface area contributed by atoms with Crippen molar-refractivity contribution in [3.8, 4) is 5.75 Å². The average Bonchev–Trinajstić information content (AvgIpc) is 3.01. The number of aliphatic hydroxyl groups is 1. The highest BCUT2D eigenvalue weighted by molar-refractivity contribution is 7.89. The summed E-state index contributed by atoms with van der Waals surface area (Å²) in [5.41, 5.74) is 0.833. The number of aliphatic hydroxyl groups excluding tert-OH is 1. The van der Waals surface area contributed by atoms with Crippen LogP contribution >= 0.6 is 11.3 Å². The van der Waals surface area contributed by atoms with Gasteiger partial charge in [0.25, 0.3) is 0 Å². The number of methoxy groups -OCH3 is 1. The summed E-state index contributed by atoms with van der Waals surface area (Å²) in [6.45, 7) is 1.97. The Hall–Kier alpha value is -1.41. The second-order valence-electron chi connectivity index (χ2n) is 4.87. The van der Waals surface area contributed by atoms with E-state index in [1.54, 1.807) is 18.2 Å². The molecule has 0 aliphatic carbocycles. The van der Waals surface area contributed by atoms with Crippen molar-refractivity contribution < 1.29 is 18.3 Å². The summed E-state index contributed by atoms with van der Waals surface area (Å²) in [7, 11) is -2.24. The maximum Gasteiger partial charge on any atom is 0.244 e. The standard InChI is InChI=1S/C15H19NO4S2/c1-11-5-6-13(20-2)15(10-11)22(18,19)16-8-7-12(17)14-4-3-9-21-14/h3-6,9-10,12,16-17H,7-8H2,1-2H3. The minimum atomic E-state index is -3.67. The number of rotatable bonds is 7. The summed E-state index contributed by atoms with van der Waals surface area (Å²) in [5.74, 6) is 0.303. The molecule has 5 nitrogen and oxygen atoms in total. The van der Waals surface area contributed by atoms with Crippen LogP contribution in [0, 0.1) is 6.92 Å². The monoisotopic (exact) mass is 341 g/mol. The fourth-order valence-electron chi connectivity index (χ4n) is 2.02. The van der Waals surface area contributed by atoms with Crippen LogP contribution in [0.25, 0.3) is 0 Å². The molecule has 120 valence electrons. The van der Waals surface area contributed by atoms with Crippen LogP contribution in [0.5, 0.6) is 5.75 Å². The first-order valence-corrected chi connectivity index (χ1v) is 9.16. The van der Waals surface area contributed by atoms with Gasteiger partial charge in [0.15, 0.2) is 0 Å². The topological polar surface area (TPSA) is 75.6 Å². The maximum absolute atomic E-state index is 12.4. The molecule has 1 heterocycles. The largest absolute Gasteiger partial charge is 0.495 e. The molecule has 0 bridgehead atoms. The summed E-state index contributed by atoms with van der Waals surface area (Å²) < 4.78 is 32.3. The van der Waals surface area contributed by atoms with Crippen molar-refractivity contribution in [1.82, 2.24) is 4.72 Å². The summed E-state index contributed by atoms with van der Waals surface area (Å²) in [5, 5.41) is 11.8. The Morgan fingerprint density at radius 2 is 2.14 bits per heavy atom. The van der Waals surface area contributed by atoms with Crippen LogP contribution in [0.2, 0.25) is 0 Å². The van der Waals surface area contributed by atoms with Gasteiger partial charge in [-0.05, 0) is 42.5 Å². The average molecular weight is 341 g/mol. The van der Waals surface area contributed by atoms with Gasteiger partial charge in [-0.25, -0.2) is 13.1 Å². The van der Waals surface area contributed by atoms with Crippen molar-refractivity contribution in [2.24, 2.45) is 0 Å². The number of hydrogen-bond donors (Lipinski definition) is 2. The van der Waals surface area contributed by atoms with Gasteiger partial charge in [-0.15, -0.1) is 11.3 Å². The second kappa shape index (κ2) is 7.23. The molecule has 1 aromatic heterocycles. The predicted octanol–water partition coefficient (Wildman–Crippen LogP) is 2.47. The fourth-order valence-corrected chi connectivity index (χ4v) is 4.07. The van der Waals surface area contributed by atoms with Crippen molar-refractivity contribution in [3.05, 3.63) is 46.2 Å². The Morgan fingerprint density at radius 1 is 1.36 bits per heavy atom. The number of thiophene rings is 1. The third-order valence-corrected chi connectivity index (χ3v) is 5.65. The van der Waals surface area contributed by atoms with E-state index >= 15 is 0 Å². The molecule has 22 heavy (non-hydrogen) atoms. The third kappa shape index (κ3) is 4.07. The summed E-state index contributed by atoms with van der Waals surface area (Å²) in [6.07, 6.45) is -0.351. The Bertz CT molecular complexity index is 711. The molecule has 2 aromatic rings. The summed E-state index contributed by atoms with van der Waals surface area (Å²) in [6, 6.07) is 8.66. The van der Waals surface area contributed by atoms with Gasteiger partial charge in [0, 0.05) is 11.4 Å². The zero-order chi connectivity index (χ0) is 16.2. The Morgan fingerprint density at radius 3 is 2.77 bits per heavy atom. The highest BCUT2D eigenvalue weighted by Gasteiger charge is 2.20. The molecule has 0 radical (unpaired) electrons. The van der Waals surface area contributed by atoms with E-state index in [1.165, 1.54) is 18.4 Å². The molecule has 2 N–H and O–H groups in total. The normalized spacial score (nSPS) is 13.0. The second-order valence-corrected chi connectivity index (χ2v) is 7.59. The molecule has 0 amide bonds. The molecule has 0 fully saturated rings. The molecular formula is C15H19NO4S2. The van der Waals surface area contributed by atoms with Gasteiger partial charge in [0.1, 0.15) is 10.6 Å². The smallest absolute Gasteiger partial charge is 0.244 e. The first kappa shape index (κ1) is 17.0. The van der Waals surface area contributed by atoms with E-state index in [1.807, 2.05) is 24.4 Å². The summed E-state index contributed by atoms with van der Waals surface area (Å²) in [4.78, 5) is 0.938. The van der Waals surface area contributed by atoms with Crippen LogP contribution in [-0.4, -0.2) is 27.2 Å². The quantitative estimate of drug-likeness (QED) is 0.811. The molecule has 0 spiro atoms. The van der Waals surface area contributed by atoms with Gasteiger partial charge >= 0.3 is 0 Å². The molecule has 0 saturated heterocycles. The van der Waals surface area contributed by atoms with Crippen molar-refractivity contribution in [1.29, 1.82) is 0 Å². The molecule has 7 heteroatoms. The summed E-state index contributed by atoms with van der Waals surface area (Å²) >= 11 is 1.45. The Balaban J connectivity index is 2.04. The van der Waals surface area contributed by atoms with Crippen molar-refractivity contribution in [2.45, 2.75) is 24.3 Å². The maximum atomic E-state index is 12.4. The highest BCUT2D eigenvalue weighted by atomic mass is 32.2. The number of hydrogen-bond acceptors (Lipinski definition) is 5. The van der Waals surface area contributed by atoms with Crippen LogP contribution in [0.3, 0.4) is 0 Å². The zero-order valence-electron chi connectivity index (χ0n) is 12.4. The number of nitrogens with one attached hydrogen (secondary N) is 1. The van der Waals surface area contributed by atoms with Crippen molar-refractivity contribution in [2.75, 3.05) is 13.7 Å². The van der Waals surface area contributed by atoms with E-state index in [4.69, 9.17) is 4.74 Å². The van der Waals surface area contributed by atoms with Crippen molar-refractivity contribution in [3.63, 3.8) is 0 Å². The van der Waals surface area contributed by atoms with Crippen LogP contribution in [-0.2, 0) is 10.0 Å². The SMILES string of the molecule is COc1ccc(C)cc1S(=O)(=O)NCCC(O)c1cccs1. The van der Waals surface area contributed by atoms with Crippen LogP contribution in [0.15, 0.2) is 40.6 Å². The van der Waals surface area contributed by atoms with Gasteiger partial charge in [0.2, 0.25) is 10.0 Å². The van der Waals surface area contributed by atoms with Gasteiger partial charge in [-0.3, -0.25) is 0 Å². The molecule has 0 saturated carbocycles. The fraction of sp³-hybridized carbons (Fsp3) is 0.333. The molecular weight excluding hydrogens is 322 g/mol. The van der Waals surface area contributed by atoms with Gasteiger partial charge in [0.05, 0.1) is 13.2 Å². The van der Waals surface area contributed by atoms with E-state index in [-0.39, 0.29) is 11.4 Å². The van der Waals surface area contributed by atoms with E-state index in [9.17, 15) is 13.5 Å². The van der Waals surface area contributed by atoms with Crippen LogP contribution in [0.4, 0.5) is 0 Å². The lowest BCUT2D eigenvalue weighted by Crippen LogP contribution is -2.26. The Kier molecular flexibility index (Phi) is 5.57. The zero-order valence-corrected chi connectivity index (χ0v) is 14.1. The van der Waals surface area contributed by atoms with Crippen molar-refractivity contribution >= 4 is 21.4 Å². The van der Waals surface area contributed by atoms with Gasteiger partial charge < -0.3 is 9.84 Å². The first-order chi connectivity index (χ1) is 10.4. The minimum Gasteiger partial charge on any atom is -0.495 e. The number of ether oxygens (including phenoxy) is 1. The Labute approximate surface area is 134 Å².